The Morgan fingerprint density at radius 1 is 1.30 bits per heavy atom. The van der Waals surface area contributed by atoms with E-state index < -0.39 is 8.56 Å². The highest BCUT2D eigenvalue weighted by molar-refractivity contribution is 7.16. The Balaban J connectivity index is 3.58. The molecule has 0 heterocycles. The van der Waals surface area contributed by atoms with Crippen LogP contribution in [0.4, 0.5) is 0 Å². The fourth-order valence-corrected chi connectivity index (χ4v) is 2.74. The van der Waals surface area contributed by atoms with Gasteiger partial charge in [0, 0.05) is 14.2 Å². The second-order valence-electron chi connectivity index (χ2n) is 2.43. The van der Waals surface area contributed by atoms with Crippen LogP contribution in [-0.2, 0) is 8.85 Å². The molecule has 0 fully saturated rings. The summed E-state index contributed by atoms with van der Waals surface area (Å²) < 4.78 is 10.6. The topological polar surface area (TPSA) is 18.5 Å². The summed E-state index contributed by atoms with van der Waals surface area (Å²) in [6, 6.07) is 1.09. The van der Waals surface area contributed by atoms with E-state index in [1.807, 2.05) is 0 Å². The van der Waals surface area contributed by atoms with Crippen molar-refractivity contribution < 1.29 is 8.85 Å². The van der Waals surface area contributed by atoms with E-state index >= 15 is 0 Å². The van der Waals surface area contributed by atoms with Crippen LogP contribution in [0.1, 0.15) is 6.42 Å². The summed E-state index contributed by atoms with van der Waals surface area (Å²) >= 11 is 0. The Bertz CT molecular complexity index is 85.8. The van der Waals surface area contributed by atoms with Crippen molar-refractivity contribution in [1.29, 1.82) is 0 Å². The molecule has 0 amide bonds. The largest absolute Gasteiger partial charge is 0.398 e. The molecule has 10 heavy (non-hydrogen) atoms. The van der Waals surface area contributed by atoms with Gasteiger partial charge in [0.05, 0.1) is 0 Å². The molecule has 0 aromatic heterocycles. The highest BCUT2D eigenvalue weighted by Crippen LogP contribution is 2.13. The molecule has 0 bridgehead atoms. The zero-order valence-electron chi connectivity index (χ0n) is 7.02. The molecule has 62 valence electrons. The number of hydrogen-bond donors (Lipinski definition) is 0. The summed E-state index contributed by atoms with van der Waals surface area (Å²) in [6.45, 7) is 2.09. The van der Waals surface area contributed by atoms with Gasteiger partial charge in [-0.2, -0.15) is 0 Å². The zero-order valence-corrected chi connectivity index (χ0v) is 9.17. The highest BCUT2D eigenvalue weighted by atomic mass is 31.0. The minimum Gasteiger partial charge on any atom is -0.398 e. The van der Waals surface area contributed by atoms with Gasteiger partial charge in [-0.3, -0.25) is 0 Å². The van der Waals surface area contributed by atoms with Crippen molar-refractivity contribution in [3.8, 4) is 0 Å². The first-order valence-electron chi connectivity index (χ1n) is 3.49. The Morgan fingerprint density at radius 2 is 1.80 bits per heavy atom. The molecule has 0 aromatic carbocycles. The monoisotopic (exact) mass is 180 g/mol. The third-order valence-corrected chi connectivity index (χ3v) is 5.10. The Labute approximate surface area is 66.7 Å². The molecule has 1 atom stereocenters. The second-order valence-corrected chi connectivity index (χ2v) is 6.60. The van der Waals surface area contributed by atoms with Crippen LogP contribution < -0.4 is 0 Å². The van der Waals surface area contributed by atoms with Gasteiger partial charge in [0.2, 0.25) is 0 Å². The molecule has 0 spiro atoms. The van der Waals surface area contributed by atoms with Gasteiger partial charge >= 0.3 is 8.56 Å². The molecule has 0 saturated carbocycles. The Morgan fingerprint density at radius 3 is 2.10 bits per heavy atom. The fraction of sp³-hybridized carbons (Fsp3) is 1.00. The molecular weight excluding hydrogens is 163 g/mol. The maximum absolute atomic E-state index is 5.30. The first kappa shape index (κ1) is 10.6. The summed E-state index contributed by atoms with van der Waals surface area (Å²) in [5.74, 6) is 0. The molecular formula is C6H17O2PSi. The van der Waals surface area contributed by atoms with Crippen LogP contribution in [0.15, 0.2) is 0 Å². The van der Waals surface area contributed by atoms with Gasteiger partial charge in [-0.05, 0) is 25.2 Å². The fourth-order valence-electron chi connectivity index (χ4n) is 0.711. The van der Waals surface area contributed by atoms with Crippen LogP contribution in [0.3, 0.4) is 0 Å². The van der Waals surface area contributed by atoms with E-state index in [4.69, 9.17) is 8.85 Å². The minimum absolute atomic E-state index is 1.09. The molecule has 2 nitrogen and oxygen atoms in total. The van der Waals surface area contributed by atoms with Crippen molar-refractivity contribution >= 4 is 17.8 Å². The average molecular weight is 180 g/mol. The third-order valence-electron chi connectivity index (χ3n) is 1.70. The Hall–Kier alpha value is 0.567. The van der Waals surface area contributed by atoms with Crippen LogP contribution in [0.2, 0.25) is 12.6 Å². The van der Waals surface area contributed by atoms with E-state index in [2.05, 4.69) is 15.8 Å². The smallest absolute Gasteiger partial charge is 0.334 e. The normalized spacial score (nSPS) is 12.0. The van der Waals surface area contributed by atoms with E-state index in [1.165, 1.54) is 6.42 Å². The summed E-state index contributed by atoms with van der Waals surface area (Å²) in [5, 5.41) is 0. The summed E-state index contributed by atoms with van der Waals surface area (Å²) in [5.41, 5.74) is 0. The van der Waals surface area contributed by atoms with Gasteiger partial charge in [-0.1, -0.05) is 0 Å². The second kappa shape index (κ2) is 5.25. The lowest BCUT2D eigenvalue weighted by molar-refractivity contribution is 0.249. The van der Waals surface area contributed by atoms with Crippen LogP contribution >= 0.6 is 9.24 Å². The lowest BCUT2D eigenvalue weighted by Gasteiger charge is -2.21. The van der Waals surface area contributed by atoms with Crippen molar-refractivity contribution in [3.63, 3.8) is 0 Å². The Kier molecular flexibility index (Phi) is 5.55. The maximum Gasteiger partial charge on any atom is 0.334 e. The van der Waals surface area contributed by atoms with Crippen molar-refractivity contribution in [2.24, 2.45) is 0 Å². The van der Waals surface area contributed by atoms with E-state index in [0.717, 1.165) is 12.2 Å². The maximum atomic E-state index is 5.30. The third kappa shape index (κ3) is 3.67. The van der Waals surface area contributed by atoms with Crippen molar-refractivity contribution in [2.45, 2.75) is 19.0 Å². The van der Waals surface area contributed by atoms with Crippen molar-refractivity contribution in [3.05, 3.63) is 0 Å². The molecule has 1 unspecified atom stereocenters. The van der Waals surface area contributed by atoms with E-state index in [-0.39, 0.29) is 0 Å². The predicted molar refractivity (Wildman–Crippen MR) is 49.6 cm³/mol. The van der Waals surface area contributed by atoms with Crippen LogP contribution in [0, 0.1) is 0 Å². The van der Waals surface area contributed by atoms with Gasteiger partial charge < -0.3 is 8.85 Å². The molecule has 0 N–H and O–H groups in total. The summed E-state index contributed by atoms with van der Waals surface area (Å²) in [6.07, 6.45) is 2.31. The van der Waals surface area contributed by atoms with Gasteiger partial charge in [-0.15, -0.1) is 9.24 Å². The zero-order chi connectivity index (χ0) is 8.04. The number of rotatable bonds is 5. The quantitative estimate of drug-likeness (QED) is 0.473. The SMILES string of the molecule is CO[Si](C)(CCCP)OC. The van der Waals surface area contributed by atoms with E-state index in [0.29, 0.717) is 0 Å². The standard InChI is InChI=1S/C6H17O2PSi/c1-7-10(3,8-2)6-4-5-9/h4-6,9H2,1-3H3. The summed E-state index contributed by atoms with van der Waals surface area (Å²) in [7, 11) is 4.45. The minimum atomic E-state index is -1.73. The number of hydrogen-bond acceptors (Lipinski definition) is 2. The average Bonchev–Trinajstić information content (AvgIpc) is 2.00. The molecule has 0 saturated heterocycles. The molecule has 0 aliphatic carbocycles. The molecule has 0 aliphatic heterocycles. The van der Waals surface area contributed by atoms with Gasteiger partial charge in [0.1, 0.15) is 0 Å². The van der Waals surface area contributed by atoms with Gasteiger partial charge in [0.15, 0.2) is 0 Å². The lowest BCUT2D eigenvalue weighted by atomic mass is 10.6. The molecule has 0 radical (unpaired) electrons. The molecule has 0 aromatic rings. The van der Waals surface area contributed by atoms with Crippen LogP contribution in [-0.4, -0.2) is 28.9 Å². The van der Waals surface area contributed by atoms with Gasteiger partial charge in [0.25, 0.3) is 0 Å². The highest BCUT2D eigenvalue weighted by Gasteiger charge is 2.27. The van der Waals surface area contributed by atoms with Crippen LogP contribution in [0.5, 0.6) is 0 Å². The lowest BCUT2D eigenvalue weighted by Crippen LogP contribution is -2.35. The summed E-state index contributed by atoms with van der Waals surface area (Å²) in [4.78, 5) is 0. The van der Waals surface area contributed by atoms with Gasteiger partial charge in [-0.25, -0.2) is 0 Å². The first-order valence-corrected chi connectivity index (χ1v) is 6.83. The molecule has 0 rings (SSSR count). The molecule has 4 heteroatoms. The predicted octanol–water partition coefficient (Wildman–Crippen LogP) is 1.62. The first-order chi connectivity index (χ1) is 4.68. The van der Waals surface area contributed by atoms with E-state index in [9.17, 15) is 0 Å². The van der Waals surface area contributed by atoms with Crippen molar-refractivity contribution in [1.82, 2.24) is 0 Å². The molecule has 0 aliphatic rings. The van der Waals surface area contributed by atoms with Crippen LogP contribution in [0.25, 0.3) is 0 Å². The van der Waals surface area contributed by atoms with Crippen molar-refractivity contribution in [2.75, 3.05) is 20.4 Å². The van der Waals surface area contributed by atoms with E-state index in [1.54, 1.807) is 14.2 Å².